The van der Waals surface area contributed by atoms with Crippen LogP contribution in [0.5, 0.6) is 0 Å². The third-order valence-corrected chi connectivity index (χ3v) is 8.60. The predicted octanol–water partition coefficient (Wildman–Crippen LogP) is 10.2. The van der Waals surface area contributed by atoms with E-state index in [0.717, 1.165) is 55.9 Å². The number of anilines is 1. The number of piperidine rings is 1. The first-order valence-corrected chi connectivity index (χ1v) is 15.0. The molecule has 0 saturated carbocycles. The minimum Gasteiger partial charge on any atom is -0.444 e. The number of benzene rings is 2. The van der Waals surface area contributed by atoms with Gasteiger partial charge in [-0.25, -0.2) is 4.79 Å². The molecule has 0 radical (unpaired) electrons. The van der Waals surface area contributed by atoms with Crippen molar-refractivity contribution < 1.29 is 49.0 Å². The molecule has 2 aliphatic rings. The molecule has 2 aliphatic heterocycles. The van der Waals surface area contributed by atoms with Gasteiger partial charge in [0.2, 0.25) is 0 Å². The van der Waals surface area contributed by atoms with Gasteiger partial charge in [-0.05, 0) is 86.1 Å². The smallest absolute Gasteiger partial charge is 0.416 e. The van der Waals surface area contributed by atoms with Crippen LogP contribution >= 0.6 is 0 Å². The van der Waals surface area contributed by atoms with Gasteiger partial charge in [0.05, 0.1) is 23.7 Å². The summed E-state index contributed by atoms with van der Waals surface area (Å²) in [6, 6.07) is 8.80. The fraction of sp³-hybridized carbons (Fsp3) is 0.485. The number of alkyl halides is 9. The van der Waals surface area contributed by atoms with Crippen LogP contribution in [0.2, 0.25) is 0 Å². The van der Waals surface area contributed by atoms with Gasteiger partial charge in [0.25, 0.3) is 0 Å². The molecule has 0 N–H and O–H groups in total. The summed E-state index contributed by atoms with van der Waals surface area (Å²) in [4.78, 5) is 16.3. The Bertz CT molecular complexity index is 1470. The first-order chi connectivity index (χ1) is 21.4. The summed E-state index contributed by atoms with van der Waals surface area (Å²) >= 11 is 0. The monoisotopic (exact) mass is 662 g/mol. The van der Waals surface area contributed by atoms with Gasteiger partial charge >= 0.3 is 24.6 Å². The zero-order valence-corrected chi connectivity index (χ0v) is 25.5. The highest BCUT2D eigenvalue weighted by molar-refractivity contribution is 5.75. The van der Waals surface area contributed by atoms with E-state index in [9.17, 15) is 44.3 Å². The minimum atomic E-state index is -5.11. The van der Waals surface area contributed by atoms with Gasteiger partial charge in [0, 0.05) is 30.8 Å². The molecule has 4 rings (SSSR count). The van der Waals surface area contributed by atoms with Crippen molar-refractivity contribution in [3.05, 3.63) is 76.4 Å². The lowest BCUT2D eigenvalue weighted by molar-refractivity contribution is -0.138. The molecular formula is C33H35F9N2O2. The number of halogens is 9. The van der Waals surface area contributed by atoms with E-state index >= 15 is 0 Å². The van der Waals surface area contributed by atoms with E-state index in [0.29, 0.717) is 17.2 Å². The van der Waals surface area contributed by atoms with E-state index in [1.165, 1.54) is 19.9 Å². The number of carbonyl (C=O) groups is 1. The van der Waals surface area contributed by atoms with E-state index in [-0.39, 0.29) is 23.7 Å². The average molecular weight is 663 g/mol. The second kappa shape index (κ2) is 13.6. The number of ether oxygens (including phenoxy) is 1. The van der Waals surface area contributed by atoms with Crippen LogP contribution in [0.15, 0.2) is 59.7 Å². The third-order valence-electron chi connectivity index (χ3n) is 8.60. The molecule has 2 atom stereocenters. The Hall–Kier alpha value is -3.64. The summed E-state index contributed by atoms with van der Waals surface area (Å²) in [6.07, 6.45) is -14.4. The van der Waals surface area contributed by atoms with Crippen LogP contribution in [0.25, 0.3) is 11.1 Å². The van der Waals surface area contributed by atoms with Crippen molar-refractivity contribution in [2.75, 3.05) is 18.0 Å². The molecule has 0 aliphatic carbocycles. The Morgan fingerprint density at radius 3 is 2.22 bits per heavy atom. The SMILES string of the molecule is CC/C(=C\C(=C/CC1OC(=O)N(Cc2c(-c3cccc(N4CCCCC4)c3)ccc(C(F)(F)F)c2C)C1C)C(F)(F)F)C(F)(F)F. The molecule has 2 aromatic rings. The number of carbonyl (C=O) groups excluding carboxylic acids is 1. The molecule has 13 heteroatoms. The molecule has 252 valence electrons. The summed E-state index contributed by atoms with van der Waals surface area (Å²) in [5, 5.41) is 0. The van der Waals surface area contributed by atoms with Crippen LogP contribution < -0.4 is 4.90 Å². The van der Waals surface area contributed by atoms with Crippen molar-refractivity contribution in [1.29, 1.82) is 0 Å². The highest BCUT2D eigenvalue weighted by atomic mass is 19.4. The summed E-state index contributed by atoms with van der Waals surface area (Å²) < 4.78 is 128. The highest BCUT2D eigenvalue weighted by Gasteiger charge is 2.42. The summed E-state index contributed by atoms with van der Waals surface area (Å²) in [5.41, 5.74) is -1.71. The Kier molecular flexibility index (Phi) is 10.4. The Labute approximate surface area is 261 Å². The second-order valence-corrected chi connectivity index (χ2v) is 11.6. The maximum Gasteiger partial charge on any atom is 0.416 e. The zero-order valence-electron chi connectivity index (χ0n) is 25.5. The molecule has 2 unspecified atom stereocenters. The van der Waals surface area contributed by atoms with Crippen LogP contribution in [0.4, 0.5) is 50.0 Å². The normalized spacial score (nSPS) is 20.4. The topological polar surface area (TPSA) is 32.8 Å². The number of cyclic esters (lactones) is 1. The number of allylic oxidation sites excluding steroid dienone is 3. The summed E-state index contributed by atoms with van der Waals surface area (Å²) in [6.45, 7) is 5.21. The lowest BCUT2D eigenvalue weighted by Gasteiger charge is -2.29. The first-order valence-electron chi connectivity index (χ1n) is 15.0. The third kappa shape index (κ3) is 8.01. The van der Waals surface area contributed by atoms with Crippen molar-refractivity contribution in [3.8, 4) is 11.1 Å². The zero-order chi connectivity index (χ0) is 34.0. The fourth-order valence-corrected chi connectivity index (χ4v) is 5.92. The van der Waals surface area contributed by atoms with Crippen LogP contribution in [-0.2, 0) is 17.5 Å². The lowest BCUT2D eigenvalue weighted by Crippen LogP contribution is -2.34. The number of hydrogen-bond donors (Lipinski definition) is 0. The average Bonchev–Trinajstić information content (AvgIpc) is 3.24. The van der Waals surface area contributed by atoms with Crippen LogP contribution in [-0.4, -0.2) is 48.6 Å². The molecule has 2 fully saturated rings. The number of amides is 1. The maximum absolute atomic E-state index is 14.0. The van der Waals surface area contributed by atoms with Crippen molar-refractivity contribution >= 4 is 11.8 Å². The van der Waals surface area contributed by atoms with Crippen molar-refractivity contribution in [1.82, 2.24) is 4.90 Å². The van der Waals surface area contributed by atoms with Crippen LogP contribution in [0.3, 0.4) is 0 Å². The van der Waals surface area contributed by atoms with Crippen LogP contribution in [0, 0.1) is 6.92 Å². The summed E-state index contributed by atoms with van der Waals surface area (Å²) in [7, 11) is 0. The van der Waals surface area contributed by atoms with Gasteiger partial charge in [0.15, 0.2) is 0 Å². The minimum absolute atomic E-state index is 0.0372. The molecule has 0 aromatic heterocycles. The first kappa shape index (κ1) is 35.2. The van der Waals surface area contributed by atoms with Gasteiger partial charge in [-0.3, -0.25) is 4.90 Å². The van der Waals surface area contributed by atoms with Gasteiger partial charge in [-0.2, -0.15) is 39.5 Å². The van der Waals surface area contributed by atoms with E-state index in [1.54, 1.807) is 12.1 Å². The van der Waals surface area contributed by atoms with Gasteiger partial charge in [0.1, 0.15) is 6.10 Å². The van der Waals surface area contributed by atoms with Gasteiger partial charge in [-0.1, -0.05) is 31.2 Å². The Balaban J connectivity index is 1.67. The molecule has 4 nitrogen and oxygen atoms in total. The molecule has 46 heavy (non-hydrogen) atoms. The van der Waals surface area contributed by atoms with Gasteiger partial charge < -0.3 is 9.64 Å². The maximum atomic E-state index is 14.0. The quantitative estimate of drug-likeness (QED) is 0.208. The number of hydrogen-bond acceptors (Lipinski definition) is 3. The van der Waals surface area contributed by atoms with E-state index < -0.39 is 66.3 Å². The van der Waals surface area contributed by atoms with E-state index in [2.05, 4.69) is 4.90 Å². The van der Waals surface area contributed by atoms with Gasteiger partial charge in [-0.15, -0.1) is 0 Å². The predicted molar refractivity (Wildman–Crippen MR) is 156 cm³/mol. The highest BCUT2D eigenvalue weighted by Crippen LogP contribution is 2.40. The molecule has 2 heterocycles. The molecule has 2 aromatic carbocycles. The molecular weight excluding hydrogens is 627 g/mol. The van der Waals surface area contributed by atoms with Crippen molar-refractivity contribution in [2.24, 2.45) is 0 Å². The molecule has 0 spiro atoms. The van der Waals surface area contributed by atoms with Crippen LogP contribution in [0.1, 0.15) is 62.6 Å². The second-order valence-electron chi connectivity index (χ2n) is 11.6. The van der Waals surface area contributed by atoms with Crippen molar-refractivity contribution in [2.45, 2.75) is 90.1 Å². The standard InChI is InChI=1S/C33H35F9N2O2/c1-4-23(31(34,35)36)18-24(32(37,38)39)11-14-29-21(3)44(30(45)46-29)19-27-20(2)28(33(40,41)42)13-12-26(27)22-9-8-10-25(17-22)43-15-6-5-7-16-43/h8-13,17-18,21,29H,4-7,14-16,19H2,1-3H3/b23-18+,24-11+. The Morgan fingerprint density at radius 1 is 0.957 bits per heavy atom. The molecule has 1 amide bonds. The number of nitrogens with zero attached hydrogens (tertiary/aromatic N) is 2. The van der Waals surface area contributed by atoms with E-state index in [1.807, 2.05) is 12.1 Å². The van der Waals surface area contributed by atoms with E-state index in [4.69, 9.17) is 4.74 Å². The van der Waals surface area contributed by atoms with Crippen molar-refractivity contribution in [3.63, 3.8) is 0 Å². The molecule has 0 bridgehead atoms. The number of rotatable bonds is 8. The summed E-state index contributed by atoms with van der Waals surface area (Å²) in [5.74, 6) is 0. The Morgan fingerprint density at radius 2 is 1.63 bits per heavy atom. The lowest BCUT2D eigenvalue weighted by atomic mass is 9.91. The molecule has 2 saturated heterocycles. The largest absolute Gasteiger partial charge is 0.444 e. The fourth-order valence-electron chi connectivity index (χ4n) is 5.92.